The summed E-state index contributed by atoms with van der Waals surface area (Å²) in [4.78, 5) is 24.6. The molecule has 0 aliphatic carbocycles. The van der Waals surface area contributed by atoms with Crippen molar-refractivity contribution in [3.05, 3.63) is 82.9 Å². The maximum Gasteiger partial charge on any atom is 0.270 e. The Bertz CT molecular complexity index is 840. The molecule has 1 aromatic carbocycles. The van der Waals surface area contributed by atoms with E-state index in [9.17, 15) is 4.79 Å². The molecule has 0 aliphatic heterocycles. The van der Waals surface area contributed by atoms with Crippen molar-refractivity contribution in [1.29, 1.82) is 0 Å². The molecule has 3 aromatic rings. The first-order valence-corrected chi connectivity index (χ1v) is 8.07. The Hall–Kier alpha value is -2.99. The summed E-state index contributed by atoms with van der Waals surface area (Å²) in [6, 6.07) is 12.8. The van der Waals surface area contributed by atoms with Crippen LogP contribution >= 0.6 is 11.6 Å². The van der Waals surface area contributed by atoms with E-state index in [-0.39, 0.29) is 5.91 Å². The van der Waals surface area contributed by atoms with Gasteiger partial charge < -0.3 is 10.6 Å². The summed E-state index contributed by atoms with van der Waals surface area (Å²) < 4.78 is 0. The molecule has 0 saturated heterocycles. The molecule has 0 bridgehead atoms. The number of aromatic nitrogens is 3. The molecule has 0 spiro atoms. The lowest BCUT2D eigenvalue weighted by Gasteiger charge is -2.07. The van der Waals surface area contributed by atoms with Crippen molar-refractivity contribution in [2.24, 2.45) is 0 Å². The minimum absolute atomic E-state index is 0.263. The monoisotopic (exact) mass is 353 g/mol. The number of carbonyl (C=O) groups excluding carboxylic acids is 1. The molecule has 0 atom stereocenters. The smallest absolute Gasteiger partial charge is 0.270 e. The third-order valence-electron chi connectivity index (χ3n) is 3.43. The van der Waals surface area contributed by atoms with Crippen LogP contribution in [-0.2, 0) is 13.1 Å². The Morgan fingerprint density at radius 3 is 2.60 bits per heavy atom. The van der Waals surface area contributed by atoms with Crippen molar-refractivity contribution in [1.82, 2.24) is 20.3 Å². The van der Waals surface area contributed by atoms with Crippen LogP contribution in [0.3, 0.4) is 0 Å². The second-order valence-corrected chi connectivity index (χ2v) is 5.73. The highest BCUT2D eigenvalue weighted by Crippen LogP contribution is 2.11. The van der Waals surface area contributed by atoms with Gasteiger partial charge in [-0.1, -0.05) is 29.8 Å². The number of anilines is 1. The van der Waals surface area contributed by atoms with Crippen LogP contribution in [0.25, 0.3) is 0 Å². The average Bonchev–Trinajstić information content (AvgIpc) is 2.67. The van der Waals surface area contributed by atoms with Crippen LogP contribution in [0.15, 0.2) is 61.1 Å². The van der Waals surface area contributed by atoms with Crippen molar-refractivity contribution >= 4 is 23.5 Å². The van der Waals surface area contributed by atoms with Crippen LogP contribution in [0.2, 0.25) is 5.02 Å². The molecule has 7 heteroatoms. The molecule has 3 rings (SSSR count). The molecule has 6 nitrogen and oxygen atoms in total. The van der Waals surface area contributed by atoms with E-state index >= 15 is 0 Å². The quantitative estimate of drug-likeness (QED) is 0.712. The first-order valence-electron chi connectivity index (χ1n) is 7.69. The summed E-state index contributed by atoms with van der Waals surface area (Å²) >= 11 is 5.86. The van der Waals surface area contributed by atoms with Crippen molar-refractivity contribution in [2.75, 3.05) is 5.32 Å². The van der Waals surface area contributed by atoms with Gasteiger partial charge in [-0.2, -0.15) is 0 Å². The topological polar surface area (TPSA) is 79.8 Å². The van der Waals surface area contributed by atoms with Gasteiger partial charge in [-0.15, -0.1) is 0 Å². The molecule has 0 aliphatic rings. The second-order valence-electron chi connectivity index (χ2n) is 5.29. The summed E-state index contributed by atoms with van der Waals surface area (Å²) in [5, 5.41) is 6.59. The van der Waals surface area contributed by atoms with E-state index in [0.29, 0.717) is 29.8 Å². The van der Waals surface area contributed by atoms with Crippen LogP contribution < -0.4 is 10.6 Å². The van der Waals surface area contributed by atoms with Crippen molar-refractivity contribution < 1.29 is 4.79 Å². The van der Waals surface area contributed by atoms with Gasteiger partial charge in [0.1, 0.15) is 5.69 Å². The number of carbonyl (C=O) groups is 1. The number of pyridine rings is 1. The number of nitrogens with one attached hydrogen (secondary N) is 2. The summed E-state index contributed by atoms with van der Waals surface area (Å²) in [7, 11) is 0. The van der Waals surface area contributed by atoms with E-state index in [0.717, 1.165) is 11.1 Å². The van der Waals surface area contributed by atoms with Crippen LogP contribution in [0.4, 0.5) is 5.95 Å². The maximum absolute atomic E-state index is 12.2. The van der Waals surface area contributed by atoms with Gasteiger partial charge in [-0.05, 0) is 35.4 Å². The zero-order chi connectivity index (χ0) is 17.5. The number of benzene rings is 1. The van der Waals surface area contributed by atoms with E-state index in [1.54, 1.807) is 24.7 Å². The number of rotatable bonds is 6. The molecule has 2 heterocycles. The van der Waals surface area contributed by atoms with Gasteiger partial charge in [0.25, 0.3) is 5.91 Å². The molecule has 1 amide bonds. The minimum atomic E-state index is -0.263. The van der Waals surface area contributed by atoms with Gasteiger partial charge in [-0.25, -0.2) is 9.97 Å². The lowest BCUT2D eigenvalue weighted by atomic mass is 10.2. The van der Waals surface area contributed by atoms with Crippen LogP contribution in [-0.4, -0.2) is 20.9 Å². The SMILES string of the molecule is O=C(NCc1cccnc1)c1ccnc(NCc2ccc(Cl)cc2)n1. The van der Waals surface area contributed by atoms with Crippen LogP contribution in [0, 0.1) is 0 Å². The highest BCUT2D eigenvalue weighted by Gasteiger charge is 2.08. The predicted octanol–water partition coefficient (Wildman–Crippen LogP) is 3.07. The highest BCUT2D eigenvalue weighted by molar-refractivity contribution is 6.30. The molecular formula is C18H16ClN5O. The number of hydrogen-bond acceptors (Lipinski definition) is 5. The number of nitrogens with zero attached hydrogens (tertiary/aromatic N) is 3. The molecule has 2 aromatic heterocycles. The largest absolute Gasteiger partial charge is 0.350 e. The maximum atomic E-state index is 12.2. The highest BCUT2D eigenvalue weighted by atomic mass is 35.5. The second kappa shape index (κ2) is 8.21. The Morgan fingerprint density at radius 2 is 1.84 bits per heavy atom. The Morgan fingerprint density at radius 1 is 1.00 bits per heavy atom. The zero-order valence-corrected chi connectivity index (χ0v) is 14.1. The third-order valence-corrected chi connectivity index (χ3v) is 3.68. The number of hydrogen-bond donors (Lipinski definition) is 2. The standard InChI is InChI=1S/C18H16ClN5O/c19-15-5-3-13(4-6-15)11-23-18-21-9-7-16(24-18)17(25)22-12-14-2-1-8-20-10-14/h1-10H,11-12H2,(H,22,25)(H,21,23,24). The fourth-order valence-electron chi connectivity index (χ4n) is 2.13. The summed E-state index contributed by atoms with van der Waals surface area (Å²) in [6.07, 6.45) is 4.95. The fourth-order valence-corrected chi connectivity index (χ4v) is 2.26. The van der Waals surface area contributed by atoms with Crippen molar-refractivity contribution in [3.63, 3.8) is 0 Å². The summed E-state index contributed by atoms with van der Waals surface area (Å²) in [6.45, 7) is 0.933. The van der Waals surface area contributed by atoms with Crippen LogP contribution in [0.1, 0.15) is 21.6 Å². The lowest BCUT2D eigenvalue weighted by molar-refractivity contribution is 0.0946. The van der Waals surface area contributed by atoms with Gasteiger partial charge in [0.2, 0.25) is 5.95 Å². The molecule has 2 N–H and O–H groups in total. The van der Waals surface area contributed by atoms with Gasteiger partial charge in [0, 0.05) is 36.7 Å². The minimum Gasteiger partial charge on any atom is -0.350 e. The van der Waals surface area contributed by atoms with E-state index < -0.39 is 0 Å². The van der Waals surface area contributed by atoms with Crippen molar-refractivity contribution in [2.45, 2.75) is 13.1 Å². The van der Waals surface area contributed by atoms with Gasteiger partial charge >= 0.3 is 0 Å². The first kappa shape index (κ1) is 16.9. The fraction of sp³-hybridized carbons (Fsp3) is 0.111. The van der Waals surface area contributed by atoms with E-state index in [1.165, 1.54) is 0 Å². The molecule has 25 heavy (non-hydrogen) atoms. The first-order chi connectivity index (χ1) is 12.2. The zero-order valence-electron chi connectivity index (χ0n) is 13.3. The number of amides is 1. The molecule has 0 unspecified atom stereocenters. The normalized spacial score (nSPS) is 10.3. The average molecular weight is 354 g/mol. The summed E-state index contributed by atoms with van der Waals surface area (Å²) in [5.41, 5.74) is 2.27. The molecule has 126 valence electrons. The van der Waals surface area contributed by atoms with Gasteiger partial charge in [0.05, 0.1) is 0 Å². The summed E-state index contributed by atoms with van der Waals surface area (Å²) in [5.74, 6) is 0.129. The Kier molecular flexibility index (Phi) is 5.53. The molecule has 0 fully saturated rings. The Balaban J connectivity index is 1.58. The van der Waals surface area contributed by atoms with Gasteiger partial charge in [0.15, 0.2) is 0 Å². The van der Waals surface area contributed by atoms with E-state index in [1.807, 2.05) is 36.4 Å². The van der Waals surface area contributed by atoms with Crippen molar-refractivity contribution in [3.8, 4) is 0 Å². The molecular weight excluding hydrogens is 338 g/mol. The Labute approximate surface area is 150 Å². The van der Waals surface area contributed by atoms with E-state index in [4.69, 9.17) is 11.6 Å². The van der Waals surface area contributed by atoms with E-state index in [2.05, 4.69) is 25.6 Å². The predicted molar refractivity (Wildman–Crippen MR) is 96.2 cm³/mol. The van der Waals surface area contributed by atoms with Gasteiger partial charge in [-0.3, -0.25) is 9.78 Å². The third kappa shape index (κ3) is 4.99. The number of halogens is 1. The molecule has 0 radical (unpaired) electrons. The van der Waals surface area contributed by atoms with Crippen LogP contribution in [0.5, 0.6) is 0 Å². The lowest BCUT2D eigenvalue weighted by Crippen LogP contribution is -2.24. The molecule has 0 saturated carbocycles.